The van der Waals surface area contributed by atoms with E-state index in [4.69, 9.17) is 0 Å². The Hall–Kier alpha value is -1.58. The summed E-state index contributed by atoms with van der Waals surface area (Å²) < 4.78 is 0. The first-order valence-corrected chi connectivity index (χ1v) is 7.06. The molecule has 4 heteroatoms. The summed E-state index contributed by atoms with van der Waals surface area (Å²) in [5, 5.41) is 15.5. The van der Waals surface area contributed by atoms with Gasteiger partial charge in [0.05, 0.1) is 0 Å². The highest BCUT2D eigenvalue weighted by molar-refractivity contribution is 5.65. The zero-order valence-corrected chi connectivity index (χ0v) is 10.6. The average Bonchev–Trinajstić information content (AvgIpc) is 3.01. The number of hydrogen-bond acceptors (Lipinski definition) is 2. The summed E-state index contributed by atoms with van der Waals surface area (Å²) >= 11 is 0. The lowest BCUT2D eigenvalue weighted by Gasteiger charge is -2.13. The number of aromatic nitrogens is 4. The van der Waals surface area contributed by atoms with Gasteiger partial charge in [0.25, 0.3) is 0 Å². The topological polar surface area (TPSA) is 57.4 Å². The minimum absolute atomic E-state index is 1.11. The molecule has 0 saturated heterocycles. The lowest BCUT2D eigenvalue weighted by molar-refractivity contribution is 0.673. The van der Waals surface area contributed by atoms with Crippen molar-refractivity contribution in [2.45, 2.75) is 51.4 Å². The molecule has 0 aliphatic heterocycles. The molecule has 0 saturated carbocycles. The second-order valence-corrected chi connectivity index (χ2v) is 5.47. The molecule has 4 rings (SSSR count). The van der Waals surface area contributed by atoms with Gasteiger partial charge in [-0.15, -0.1) is 0 Å². The molecular formula is C14H18N4. The average molecular weight is 242 g/mol. The van der Waals surface area contributed by atoms with Crippen molar-refractivity contribution < 1.29 is 0 Å². The van der Waals surface area contributed by atoms with E-state index < -0.39 is 0 Å². The first-order valence-electron chi connectivity index (χ1n) is 7.06. The smallest absolute Gasteiger partial charge is 0.116 e. The van der Waals surface area contributed by atoms with Crippen molar-refractivity contribution >= 4 is 0 Å². The van der Waals surface area contributed by atoms with Crippen molar-refractivity contribution in [3.8, 4) is 11.4 Å². The number of aryl methyl sites for hydroxylation is 2. The molecule has 0 spiro atoms. The van der Waals surface area contributed by atoms with Crippen molar-refractivity contribution in [2.24, 2.45) is 0 Å². The van der Waals surface area contributed by atoms with Crippen molar-refractivity contribution in [2.75, 3.05) is 0 Å². The van der Waals surface area contributed by atoms with Crippen LogP contribution in [0.1, 0.15) is 48.2 Å². The fourth-order valence-corrected chi connectivity index (χ4v) is 3.35. The summed E-state index contributed by atoms with van der Waals surface area (Å²) in [5.74, 6) is 0. The molecule has 0 aromatic carbocycles. The number of fused-ring (bicyclic) bond motifs is 2. The Morgan fingerprint density at radius 1 is 0.611 bits per heavy atom. The van der Waals surface area contributed by atoms with Gasteiger partial charge in [0.2, 0.25) is 0 Å². The molecule has 18 heavy (non-hydrogen) atoms. The van der Waals surface area contributed by atoms with Crippen LogP contribution in [0.2, 0.25) is 0 Å². The first-order chi connectivity index (χ1) is 8.93. The van der Waals surface area contributed by atoms with Crippen molar-refractivity contribution in [3.05, 3.63) is 22.5 Å². The highest BCUT2D eigenvalue weighted by Crippen LogP contribution is 2.33. The van der Waals surface area contributed by atoms with E-state index in [9.17, 15) is 0 Å². The monoisotopic (exact) mass is 242 g/mol. The number of rotatable bonds is 1. The van der Waals surface area contributed by atoms with Crippen LogP contribution in [0, 0.1) is 0 Å². The minimum atomic E-state index is 1.11. The molecule has 0 radical (unpaired) electrons. The fraction of sp³-hybridized carbons (Fsp3) is 0.571. The third-order valence-corrected chi connectivity index (χ3v) is 4.34. The van der Waals surface area contributed by atoms with Gasteiger partial charge in [-0.1, -0.05) is 0 Å². The number of H-pyrrole nitrogens is 2. The zero-order chi connectivity index (χ0) is 11.9. The van der Waals surface area contributed by atoms with Gasteiger partial charge in [-0.2, -0.15) is 10.2 Å². The third kappa shape index (κ3) is 1.44. The van der Waals surface area contributed by atoms with Crippen LogP contribution >= 0.6 is 0 Å². The molecule has 0 bridgehead atoms. The van der Waals surface area contributed by atoms with Gasteiger partial charge in [-0.25, -0.2) is 0 Å². The summed E-state index contributed by atoms with van der Waals surface area (Å²) in [4.78, 5) is 0. The molecule has 0 unspecified atom stereocenters. The molecule has 0 amide bonds. The minimum Gasteiger partial charge on any atom is -0.282 e. The number of nitrogens with one attached hydrogen (secondary N) is 2. The predicted molar refractivity (Wildman–Crippen MR) is 69.5 cm³/mol. The van der Waals surface area contributed by atoms with Gasteiger partial charge >= 0.3 is 0 Å². The molecule has 2 aromatic heterocycles. The second kappa shape index (κ2) is 3.97. The summed E-state index contributed by atoms with van der Waals surface area (Å²) in [6.45, 7) is 0. The number of hydrogen-bond donors (Lipinski definition) is 2. The van der Waals surface area contributed by atoms with Crippen LogP contribution in [-0.4, -0.2) is 20.4 Å². The Labute approximate surface area is 106 Å². The molecule has 94 valence electrons. The first kappa shape index (κ1) is 10.4. The molecule has 0 atom stereocenters. The van der Waals surface area contributed by atoms with Crippen LogP contribution in [0.4, 0.5) is 0 Å². The van der Waals surface area contributed by atoms with Gasteiger partial charge in [0, 0.05) is 22.5 Å². The van der Waals surface area contributed by atoms with Gasteiger partial charge < -0.3 is 0 Å². The van der Waals surface area contributed by atoms with E-state index in [1.54, 1.807) is 0 Å². The van der Waals surface area contributed by atoms with E-state index in [1.165, 1.54) is 48.2 Å². The summed E-state index contributed by atoms with van der Waals surface area (Å²) in [6.07, 6.45) is 9.74. The summed E-state index contributed by atoms with van der Waals surface area (Å²) in [7, 11) is 0. The zero-order valence-electron chi connectivity index (χ0n) is 10.6. The summed E-state index contributed by atoms with van der Waals surface area (Å²) in [6, 6.07) is 0. The fourth-order valence-electron chi connectivity index (χ4n) is 3.35. The van der Waals surface area contributed by atoms with E-state index in [2.05, 4.69) is 20.4 Å². The van der Waals surface area contributed by atoms with Crippen molar-refractivity contribution in [1.29, 1.82) is 0 Å². The Morgan fingerprint density at radius 2 is 1.06 bits per heavy atom. The maximum absolute atomic E-state index is 4.54. The van der Waals surface area contributed by atoms with E-state index in [1.807, 2.05) is 0 Å². The maximum Gasteiger partial charge on any atom is 0.116 e. The Balaban J connectivity index is 1.83. The van der Waals surface area contributed by atoms with Gasteiger partial charge in [-0.3, -0.25) is 10.2 Å². The second-order valence-electron chi connectivity index (χ2n) is 5.47. The normalized spacial score (nSPS) is 18.4. The molecule has 2 aromatic rings. The predicted octanol–water partition coefficient (Wildman–Crippen LogP) is 2.56. The highest BCUT2D eigenvalue weighted by atomic mass is 15.2. The summed E-state index contributed by atoms with van der Waals surface area (Å²) in [5.41, 5.74) is 7.74. The quantitative estimate of drug-likeness (QED) is 0.807. The maximum atomic E-state index is 4.54. The molecule has 2 N–H and O–H groups in total. The van der Waals surface area contributed by atoms with Gasteiger partial charge in [-0.05, 0) is 51.4 Å². The molecule has 2 aliphatic carbocycles. The SMILES string of the molecule is C1CCc2c(-c3n[nH]c4c3CCCC4)n[nH]c2C1. The van der Waals surface area contributed by atoms with E-state index in [-0.39, 0.29) is 0 Å². The molecule has 2 aliphatic rings. The lowest BCUT2D eigenvalue weighted by atomic mass is 9.91. The highest BCUT2D eigenvalue weighted by Gasteiger charge is 2.24. The standard InChI is InChI=1S/C14H18N4/c1-3-7-11-9(5-1)13(17-15-11)14-10-6-2-4-8-12(10)16-18-14/h1-8H2,(H,15,17)(H,16,18). The lowest BCUT2D eigenvalue weighted by Crippen LogP contribution is -2.03. The van der Waals surface area contributed by atoms with E-state index >= 15 is 0 Å². The largest absolute Gasteiger partial charge is 0.282 e. The van der Waals surface area contributed by atoms with Crippen LogP contribution in [0.3, 0.4) is 0 Å². The van der Waals surface area contributed by atoms with Crippen LogP contribution in [-0.2, 0) is 25.7 Å². The van der Waals surface area contributed by atoms with Gasteiger partial charge in [0.15, 0.2) is 0 Å². The molecule has 2 heterocycles. The van der Waals surface area contributed by atoms with Crippen LogP contribution in [0.15, 0.2) is 0 Å². The van der Waals surface area contributed by atoms with Crippen molar-refractivity contribution in [3.63, 3.8) is 0 Å². The Morgan fingerprint density at radius 3 is 1.56 bits per heavy atom. The molecule has 4 nitrogen and oxygen atoms in total. The van der Waals surface area contributed by atoms with Crippen molar-refractivity contribution in [1.82, 2.24) is 20.4 Å². The van der Waals surface area contributed by atoms with E-state index in [0.29, 0.717) is 0 Å². The van der Waals surface area contributed by atoms with Gasteiger partial charge in [0.1, 0.15) is 11.4 Å². The third-order valence-electron chi connectivity index (χ3n) is 4.34. The number of nitrogens with zero attached hydrogens (tertiary/aromatic N) is 2. The van der Waals surface area contributed by atoms with E-state index in [0.717, 1.165) is 37.1 Å². The molecule has 0 fully saturated rings. The number of aromatic amines is 2. The molecular weight excluding hydrogens is 224 g/mol. The van der Waals surface area contributed by atoms with Crippen LogP contribution in [0.5, 0.6) is 0 Å². The Bertz CT molecular complexity index is 526. The van der Waals surface area contributed by atoms with Crippen LogP contribution < -0.4 is 0 Å². The van der Waals surface area contributed by atoms with Crippen LogP contribution in [0.25, 0.3) is 11.4 Å². The Kier molecular flexibility index (Phi) is 2.28.